The molecule has 0 spiro atoms. The molecule has 7 heteroatoms. The molecule has 0 radical (unpaired) electrons. The van der Waals surface area contributed by atoms with E-state index in [2.05, 4.69) is 0 Å². The Morgan fingerprint density at radius 1 is 1.12 bits per heavy atom. The first-order valence-corrected chi connectivity index (χ1v) is 12.3. The van der Waals surface area contributed by atoms with Crippen LogP contribution in [-0.2, 0) is 14.3 Å². The summed E-state index contributed by atoms with van der Waals surface area (Å²) in [7, 11) is 1.61. The summed E-state index contributed by atoms with van der Waals surface area (Å²) in [6.45, 7) is 2.80. The average molecular weight is 482 g/mol. The predicted octanol–water partition coefficient (Wildman–Crippen LogP) is 4.99. The number of aryl methyl sites for hydroxylation is 1. The summed E-state index contributed by atoms with van der Waals surface area (Å²) in [6.07, 6.45) is 4.47. The zero-order valence-electron chi connectivity index (χ0n) is 19.9. The van der Waals surface area contributed by atoms with Crippen molar-refractivity contribution >= 4 is 29.1 Å². The summed E-state index contributed by atoms with van der Waals surface area (Å²) in [4.78, 5) is 28.4. The van der Waals surface area contributed by atoms with Gasteiger partial charge in [-0.15, -0.1) is 0 Å². The van der Waals surface area contributed by atoms with Gasteiger partial charge in [0.05, 0.1) is 18.4 Å². The first-order chi connectivity index (χ1) is 16.5. The van der Waals surface area contributed by atoms with Gasteiger partial charge in [0.2, 0.25) is 5.91 Å². The Labute approximate surface area is 206 Å². The van der Waals surface area contributed by atoms with Crippen LogP contribution in [0.15, 0.2) is 53.6 Å². The van der Waals surface area contributed by atoms with Crippen molar-refractivity contribution < 1.29 is 14.3 Å². The largest absolute Gasteiger partial charge is 0.383 e. The highest BCUT2D eigenvalue weighted by molar-refractivity contribution is 6.34. The third-order valence-corrected chi connectivity index (χ3v) is 7.05. The minimum atomic E-state index is -0.245. The maximum atomic E-state index is 13.6. The van der Waals surface area contributed by atoms with Gasteiger partial charge >= 0.3 is 0 Å². The third-order valence-electron chi connectivity index (χ3n) is 6.72. The maximum absolute atomic E-state index is 13.6. The number of halogens is 1. The summed E-state index contributed by atoms with van der Waals surface area (Å²) in [5, 5.41) is 6.89. The van der Waals surface area contributed by atoms with E-state index in [1.807, 2.05) is 55.5 Å². The van der Waals surface area contributed by atoms with E-state index in [1.165, 1.54) is 0 Å². The first-order valence-electron chi connectivity index (χ1n) is 12.0. The van der Waals surface area contributed by atoms with Crippen LogP contribution in [-0.4, -0.2) is 54.2 Å². The van der Waals surface area contributed by atoms with E-state index in [0.717, 1.165) is 48.1 Å². The van der Waals surface area contributed by atoms with Crippen LogP contribution in [0.3, 0.4) is 0 Å². The van der Waals surface area contributed by atoms with Crippen molar-refractivity contribution in [2.24, 2.45) is 11.0 Å². The molecule has 0 N–H and O–H groups in total. The van der Waals surface area contributed by atoms with Crippen molar-refractivity contribution in [2.75, 3.05) is 26.8 Å². The van der Waals surface area contributed by atoms with Crippen LogP contribution in [0.5, 0.6) is 0 Å². The monoisotopic (exact) mass is 481 g/mol. The van der Waals surface area contributed by atoms with Crippen molar-refractivity contribution in [1.82, 2.24) is 9.91 Å². The summed E-state index contributed by atoms with van der Waals surface area (Å²) in [5.74, 6) is -0.155. The van der Waals surface area contributed by atoms with Gasteiger partial charge < -0.3 is 9.64 Å². The average Bonchev–Trinajstić information content (AvgIpc) is 3.53. The van der Waals surface area contributed by atoms with E-state index < -0.39 is 0 Å². The second-order valence-electron chi connectivity index (χ2n) is 9.13. The SMILES string of the molecule is COCCN(CC(=O)N1N=C(c2ccccc2Cl)C[C@H]1c1ccc(C)cc1)C(=O)C1CCCC1. The Morgan fingerprint density at radius 3 is 2.50 bits per heavy atom. The summed E-state index contributed by atoms with van der Waals surface area (Å²) in [6, 6.07) is 15.5. The maximum Gasteiger partial charge on any atom is 0.262 e. The van der Waals surface area contributed by atoms with Gasteiger partial charge in [-0.05, 0) is 31.4 Å². The van der Waals surface area contributed by atoms with Crippen molar-refractivity contribution in [1.29, 1.82) is 0 Å². The molecule has 1 aliphatic heterocycles. The molecule has 1 fully saturated rings. The molecule has 1 aliphatic carbocycles. The fraction of sp³-hybridized carbons (Fsp3) is 0.444. The Bertz CT molecular complexity index is 1050. The zero-order chi connectivity index (χ0) is 24.1. The summed E-state index contributed by atoms with van der Waals surface area (Å²) < 4.78 is 5.22. The fourth-order valence-corrected chi connectivity index (χ4v) is 5.03. The van der Waals surface area contributed by atoms with E-state index in [-0.39, 0.29) is 30.3 Å². The van der Waals surface area contributed by atoms with E-state index in [1.54, 1.807) is 17.0 Å². The molecule has 2 aliphatic rings. The van der Waals surface area contributed by atoms with Crippen LogP contribution in [0, 0.1) is 12.8 Å². The highest BCUT2D eigenvalue weighted by atomic mass is 35.5. The van der Waals surface area contributed by atoms with Gasteiger partial charge in [-0.25, -0.2) is 5.01 Å². The van der Waals surface area contributed by atoms with E-state index in [0.29, 0.717) is 24.6 Å². The fourth-order valence-electron chi connectivity index (χ4n) is 4.78. The molecule has 4 rings (SSSR count). The molecule has 1 atom stereocenters. The van der Waals surface area contributed by atoms with Crippen LogP contribution < -0.4 is 0 Å². The molecule has 2 amide bonds. The lowest BCUT2D eigenvalue weighted by Crippen LogP contribution is -2.44. The summed E-state index contributed by atoms with van der Waals surface area (Å²) in [5.41, 5.74) is 3.76. The molecule has 0 saturated heterocycles. The Morgan fingerprint density at radius 2 is 1.82 bits per heavy atom. The molecule has 0 unspecified atom stereocenters. The highest BCUT2D eigenvalue weighted by Gasteiger charge is 2.36. The molecule has 0 aromatic heterocycles. The van der Waals surface area contributed by atoms with Crippen LogP contribution >= 0.6 is 11.6 Å². The minimum absolute atomic E-state index is 0.00156. The third kappa shape index (κ3) is 5.50. The standard InChI is InChI=1S/C27H32ClN3O3/c1-19-11-13-20(14-12-19)25-17-24(22-9-5-6-10-23(22)28)29-31(25)26(32)18-30(15-16-34-2)27(33)21-7-3-4-8-21/h5-6,9-14,21,25H,3-4,7-8,15-18H2,1-2H3/t25-/m0/s1. The number of carbonyl (C=O) groups is 2. The van der Waals surface area contributed by atoms with Gasteiger partial charge in [-0.2, -0.15) is 5.10 Å². The van der Waals surface area contributed by atoms with Crippen LogP contribution in [0.25, 0.3) is 0 Å². The highest BCUT2D eigenvalue weighted by Crippen LogP contribution is 2.35. The van der Waals surface area contributed by atoms with Crippen molar-refractivity contribution in [3.63, 3.8) is 0 Å². The minimum Gasteiger partial charge on any atom is -0.383 e. The molecular weight excluding hydrogens is 450 g/mol. The molecule has 1 saturated carbocycles. The van der Waals surface area contributed by atoms with Crippen molar-refractivity contribution in [2.45, 2.75) is 45.1 Å². The van der Waals surface area contributed by atoms with Gasteiger partial charge in [0.15, 0.2) is 0 Å². The smallest absolute Gasteiger partial charge is 0.262 e. The normalized spacial score (nSPS) is 18.3. The molecule has 2 aromatic carbocycles. The lowest BCUT2D eigenvalue weighted by Gasteiger charge is -2.28. The Kier molecular flexibility index (Phi) is 8.01. The van der Waals surface area contributed by atoms with Crippen LogP contribution in [0.1, 0.15) is 54.8 Å². The van der Waals surface area contributed by atoms with Crippen LogP contribution in [0.2, 0.25) is 5.02 Å². The zero-order valence-corrected chi connectivity index (χ0v) is 20.6. The number of hydrogen-bond acceptors (Lipinski definition) is 4. The topological polar surface area (TPSA) is 62.2 Å². The number of ether oxygens (including phenoxy) is 1. The Balaban J connectivity index is 1.60. The van der Waals surface area contributed by atoms with Gasteiger partial charge in [0, 0.05) is 36.6 Å². The number of carbonyl (C=O) groups excluding carboxylic acids is 2. The number of nitrogens with zero attached hydrogens (tertiary/aromatic N) is 3. The lowest BCUT2D eigenvalue weighted by molar-refractivity contribution is -0.144. The van der Waals surface area contributed by atoms with E-state index in [4.69, 9.17) is 21.4 Å². The number of benzene rings is 2. The van der Waals surface area contributed by atoms with E-state index in [9.17, 15) is 9.59 Å². The molecule has 34 heavy (non-hydrogen) atoms. The number of rotatable bonds is 8. The molecule has 2 aromatic rings. The number of methoxy groups -OCH3 is 1. The molecule has 0 bridgehead atoms. The van der Waals surface area contributed by atoms with Gasteiger partial charge in [-0.1, -0.05) is 72.5 Å². The van der Waals surface area contributed by atoms with E-state index >= 15 is 0 Å². The first kappa shape index (κ1) is 24.4. The molecule has 1 heterocycles. The second-order valence-corrected chi connectivity index (χ2v) is 9.54. The molecule has 180 valence electrons. The van der Waals surface area contributed by atoms with Gasteiger partial charge in [0.1, 0.15) is 6.54 Å². The second kappa shape index (κ2) is 11.2. The molecular formula is C27H32ClN3O3. The van der Waals surface area contributed by atoms with Crippen molar-refractivity contribution in [3.05, 3.63) is 70.2 Å². The van der Waals surface area contributed by atoms with Gasteiger partial charge in [0.25, 0.3) is 5.91 Å². The van der Waals surface area contributed by atoms with Crippen LogP contribution in [0.4, 0.5) is 0 Å². The number of hydrazone groups is 1. The lowest BCUT2D eigenvalue weighted by atomic mass is 9.97. The molecule has 6 nitrogen and oxygen atoms in total. The number of amides is 2. The number of hydrogen-bond donors (Lipinski definition) is 0. The summed E-state index contributed by atoms with van der Waals surface area (Å²) >= 11 is 6.45. The Hall–Kier alpha value is -2.70. The quantitative estimate of drug-likeness (QED) is 0.533. The van der Waals surface area contributed by atoms with Crippen molar-refractivity contribution in [3.8, 4) is 0 Å². The van der Waals surface area contributed by atoms with Gasteiger partial charge in [-0.3, -0.25) is 9.59 Å². The predicted molar refractivity (Wildman–Crippen MR) is 134 cm³/mol.